The fraction of sp³-hybridized carbons (Fsp3) is 0.250. The molecule has 1 aromatic carbocycles. The maximum Gasteiger partial charge on any atom is 0.266 e. The lowest BCUT2D eigenvalue weighted by Crippen LogP contribution is -1.80. The first-order valence-electron chi connectivity index (χ1n) is 5.27. The van der Waals surface area contributed by atoms with Gasteiger partial charge in [-0.15, -0.1) is 11.3 Å². The summed E-state index contributed by atoms with van der Waals surface area (Å²) in [6.45, 7) is 0. The summed E-state index contributed by atoms with van der Waals surface area (Å²) in [6, 6.07) is 5.69. The normalized spacial score (nSPS) is 10.6. The summed E-state index contributed by atoms with van der Waals surface area (Å²) in [5, 5.41) is 0. The highest BCUT2D eigenvalue weighted by Crippen LogP contribution is 2.32. The zero-order valence-electron chi connectivity index (χ0n) is 9.65. The van der Waals surface area contributed by atoms with Crippen molar-refractivity contribution >= 4 is 33.3 Å². The fourth-order valence-electron chi connectivity index (χ4n) is 1.39. The van der Waals surface area contributed by atoms with E-state index >= 15 is 0 Å². The Morgan fingerprint density at radius 1 is 1.50 bits per heavy atom. The van der Waals surface area contributed by atoms with Gasteiger partial charge in [0.25, 0.3) is 6.08 Å². The molecule has 0 unspecified atom stereocenters. The molecule has 0 fully saturated rings. The van der Waals surface area contributed by atoms with Gasteiger partial charge in [0.2, 0.25) is 0 Å². The number of thiazole rings is 1. The van der Waals surface area contributed by atoms with Crippen molar-refractivity contribution in [2.75, 3.05) is 12.9 Å². The highest BCUT2D eigenvalue weighted by Gasteiger charge is 2.05. The van der Waals surface area contributed by atoms with Crippen LogP contribution < -0.4 is 4.74 Å². The number of fused-ring (bicyclic) bond motifs is 1. The van der Waals surface area contributed by atoms with E-state index in [0.29, 0.717) is 12.2 Å². The number of rotatable bonds is 5. The van der Waals surface area contributed by atoms with Crippen LogP contribution in [0.3, 0.4) is 0 Å². The van der Waals surface area contributed by atoms with Crippen LogP contribution >= 0.6 is 23.1 Å². The standard InChI is InChI=1S/C12H11F2NOS2/c1-16-8-4-5-9-10(7-8)18-12(15-9)17-6-2-3-11(13)14/h3-5,7H,2,6H2,1H3. The number of thioether (sulfide) groups is 1. The van der Waals surface area contributed by atoms with Crippen molar-refractivity contribution in [2.45, 2.75) is 10.8 Å². The van der Waals surface area contributed by atoms with Crippen LogP contribution in [-0.2, 0) is 0 Å². The SMILES string of the molecule is COc1ccc2nc(SCCC=C(F)F)sc2c1. The average molecular weight is 287 g/mol. The number of aromatic nitrogens is 1. The van der Waals surface area contributed by atoms with Crippen molar-refractivity contribution in [2.24, 2.45) is 0 Å². The van der Waals surface area contributed by atoms with E-state index in [-0.39, 0.29) is 0 Å². The van der Waals surface area contributed by atoms with Crippen molar-refractivity contribution in [3.8, 4) is 5.75 Å². The topological polar surface area (TPSA) is 22.1 Å². The molecule has 2 nitrogen and oxygen atoms in total. The number of hydrogen-bond acceptors (Lipinski definition) is 4. The van der Waals surface area contributed by atoms with Crippen molar-refractivity contribution in [3.05, 3.63) is 30.4 Å². The molecule has 0 aliphatic carbocycles. The van der Waals surface area contributed by atoms with E-state index in [1.807, 2.05) is 18.2 Å². The van der Waals surface area contributed by atoms with Gasteiger partial charge >= 0.3 is 0 Å². The molecule has 1 aromatic heterocycles. The van der Waals surface area contributed by atoms with Gasteiger partial charge in [0.05, 0.1) is 17.3 Å². The second kappa shape index (κ2) is 6.15. The molecule has 0 aliphatic heterocycles. The third-order valence-corrected chi connectivity index (χ3v) is 4.41. The number of benzene rings is 1. The summed E-state index contributed by atoms with van der Waals surface area (Å²) in [7, 11) is 1.62. The van der Waals surface area contributed by atoms with Crippen LogP contribution in [0.25, 0.3) is 10.2 Å². The Labute approximate surface area is 112 Å². The molecule has 2 aromatic rings. The van der Waals surface area contributed by atoms with Crippen molar-refractivity contribution in [3.63, 3.8) is 0 Å². The molecule has 18 heavy (non-hydrogen) atoms. The fourth-order valence-corrected chi connectivity index (χ4v) is 3.44. The molecule has 0 spiro atoms. The quantitative estimate of drug-likeness (QED) is 0.594. The van der Waals surface area contributed by atoms with Gasteiger partial charge in [-0.1, -0.05) is 11.8 Å². The van der Waals surface area contributed by atoms with Crippen LogP contribution in [0.4, 0.5) is 8.78 Å². The number of nitrogens with zero attached hydrogens (tertiary/aromatic N) is 1. The number of ether oxygens (including phenoxy) is 1. The molecular weight excluding hydrogens is 276 g/mol. The van der Waals surface area contributed by atoms with Gasteiger partial charge in [-0.05, 0) is 30.7 Å². The van der Waals surface area contributed by atoms with Crippen LogP contribution in [0.1, 0.15) is 6.42 Å². The second-order valence-electron chi connectivity index (χ2n) is 3.44. The molecule has 96 valence electrons. The minimum atomic E-state index is -1.62. The zero-order valence-corrected chi connectivity index (χ0v) is 11.3. The highest BCUT2D eigenvalue weighted by molar-refractivity contribution is 8.01. The molecule has 0 amide bonds. The predicted octanol–water partition coefficient (Wildman–Crippen LogP) is 4.57. The Balaban J connectivity index is 2.03. The summed E-state index contributed by atoms with van der Waals surface area (Å²) < 4.78 is 30.7. The Hall–Kier alpha value is -1.14. The van der Waals surface area contributed by atoms with Gasteiger partial charge in [0.15, 0.2) is 4.34 Å². The lowest BCUT2D eigenvalue weighted by molar-refractivity contribution is 0.415. The highest BCUT2D eigenvalue weighted by atomic mass is 32.2. The summed E-state index contributed by atoms with van der Waals surface area (Å²) >= 11 is 3.04. The smallest absolute Gasteiger partial charge is 0.266 e. The first-order chi connectivity index (χ1) is 8.69. The van der Waals surface area contributed by atoms with E-state index in [0.717, 1.165) is 26.4 Å². The van der Waals surface area contributed by atoms with Crippen LogP contribution in [0, 0.1) is 0 Å². The average Bonchev–Trinajstić information content (AvgIpc) is 2.75. The molecule has 1 heterocycles. The molecule has 0 atom stereocenters. The minimum Gasteiger partial charge on any atom is -0.497 e. The van der Waals surface area contributed by atoms with Crippen LogP contribution in [0.2, 0.25) is 0 Å². The first-order valence-corrected chi connectivity index (χ1v) is 7.08. The summed E-state index contributed by atoms with van der Waals surface area (Å²) in [6.07, 6.45) is -0.333. The Morgan fingerprint density at radius 2 is 2.33 bits per heavy atom. The lowest BCUT2D eigenvalue weighted by Gasteiger charge is -1.96. The third kappa shape index (κ3) is 3.43. The predicted molar refractivity (Wildman–Crippen MR) is 71.8 cm³/mol. The minimum absolute atomic E-state index is 0.353. The Morgan fingerprint density at radius 3 is 3.06 bits per heavy atom. The maximum atomic E-state index is 11.8. The molecule has 0 N–H and O–H groups in total. The molecule has 0 bridgehead atoms. The van der Waals surface area contributed by atoms with E-state index in [4.69, 9.17) is 4.74 Å². The van der Waals surface area contributed by atoms with Crippen molar-refractivity contribution in [1.82, 2.24) is 4.98 Å². The van der Waals surface area contributed by atoms with Crippen LogP contribution in [0.5, 0.6) is 5.75 Å². The van der Waals surface area contributed by atoms with E-state index in [2.05, 4.69) is 4.98 Å². The van der Waals surface area contributed by atoms with Gasteiger partial charge in [-0.3, -0.25) is 0 Å². The first kappa shape index (κ1) is 13.3. The van der Waals surface area contributed by atoms with Crippen molar-refractivity contribution < 1.29 is 13.5 Å². The molecule has 0 saturated heterocycles. The number of allylic oxidation sites excluding steroid dienone is 1. The van der Waals surface area contributed by atoms with Gasteiger partial charge < -0.3 is 4.74 Å². The van der Waals surface area contributed by atoms with Gasteiger partial charge in [0.1, 0.15) is 5.75 Å². The molecule has 0 radical (unpaired) electrons. The monoisotopic (exact) mass is 287 g/mol. The number of methoxy groups -OCH3 is 1. The van der Waals surface area contributed by atoms with Gasteiger partial charge in [-0.2, -0.15) is 8.78 Å². The Bertz CT molecular complexity index is 564. The summed E-state index contributed by atoms with van der Waals surface area (Å²) in [5.41, 5.74) is 0.913. The largest absolute Gasteiger partial charge is 0.497 e. The van der Waals surface area contributed by atoms with E-state index < -0.39 is 6.08 Å². The second-order valence-corrected chi connectivity index (χ2v) is 5.82. The van der Waals surface area contributed by atoms with E-state index in [1.165, 1.54) is 11.8 Å². The molecule has 0 saturated carbocycles. The molecule has 2 rings (SSSR count). The van der Waals surface area contributed by atoms with Gasteiger partial charge in [0, 0.05) is 5.75 Å². The molecular formula is C12H11F2NOS2. The molecule has 0 aliphatic rings. The van der Waals surface area contributed by atoms with E-state index in [1.54, 1.807) is 18.4 Å². The summed E-state index contributed by atoms with van der Waals surface area (Å²) in [4.78, 5) is 4.42. The van der Waals surface area contributed by atoms with Crippen LogP contribution in [0.15, 0.2) is 34.7 Å². The van der Waals surface area contributed by atoms with Gasteiger partial charge in [-0.25, -0.2) is 4.98 Å². The van der Waals surface area contributed by atoms with E-state index in [9.17, 15) is 8.78 Å². The third-order valence-electron chi connectivity index (χ3n) is 2.22. The molecule has 6 heteroatoms. The van der Waals surface area contributed by atoms with Crippen LogP contribution in [-0.4, -0.2) is 17.8 Å². The van der Waals surface area contributed by atoms with Crippen molar-refractivity contribution in [1.29, 1.82) is 0 Å². The number of hydrogen-bond donors (Lipinski definition) is 0. The maximum absolute atomic E-state index is 11.8. The lowest BCUT2D eigenvalue weighted by atomic mass is 10.3. The number of halogens is 2. The Kier molecular flexibility index (Phi) is 4.54. The zero-order chi connectivity index (χ0) is 13.0. The summed E-state index contributed by atoms with van der Waals surface area (Å²) in [5.74, 6) is 1.40.